The number of rotatable bonds is 4. The predicted octanol–water partition coefficient (Wildman–Crippen LogP) is 4.63. The fourth-order valence-electron chi connectivity index (χ4n) is 3.91. The average Bonchev–Trinajstić information content (AvgIpc) is 3.12. The zero-order valence-corrected chi connectivity index (χ0v) is 16.3. The van der Waals surface area contributed by atoms with E-state index in [0.717, 1.165) is 37.1 Å². The molecule has 0 bridgehead atoms. The number of ether oxygens (including phenoxy) is 1. The van der Waals surface area contributed by atoms with Crippen LogP contribution < -0.4 is 15.4 Å². The molecule has 28 heavy (non-hydrogen) atoms. The van der Waals surface area contributed by atoms with Crippen LogP contribution in [0.15, 0.2) is 48.7 Å². The van der Waals surface area contributed by atoms with E-state index in [9.17, 15) is 4.79 Å². The number of benzene rings is 2. The van der Waals surface area contributed by atoms with Gasteiger partial charge in [-0.25, -0.2) is 4.79 Å². The number of nitrogens with zero attached hydrogens (tertiary/aromatic N) is 1. The number of hydrogen-bond donors (Lipinski definition) is 3. The number of fused-ring (bicyclic) bond motifs is 1. The Balaban J connectivity index is 1.51. The summed E-state index contributed by atoms with van der Waals surface area (Å²) in [6.45, 7) is 2.24. The standard InChI is InChI=1S/C22H26N4O2/c1-26-11-9-15(10-12-26)18-14-23-19-8-7-16(13-17(18)19)24-22(27)25-20-5-3-4-6-21(20)28-2/h3-8,13-15,23H,9-12H2,1-2H3,(H2,24,25,27). The quantitative estimate of drug-likeness (QED) is 0.620. The summed E-state index contributed by atoms with van der Waals surface area (Å²) < 4.78 is 5.28. The molecule has 1 aliphatic heterocycles. The average molecular weight is 378 g/mol. The second-order valence-corrected chi connectivity index (χ2v) is 7.36. The summed E-state index contributed by atoms with van der Waals surface area (Å²) in [5.41, 5.74) is 3.85. The number of amides is 2. The van der Waals surface area contributed by atoms with Crippen molar-refractivity contribution in [2.75, 3.05) is 37.9 Å². The highest BCUT2D eigenvalue weighted by Crippen LogP contribution is 2.34. The Bertz CT molecular complexity index is 974. The van der Waals surface area contributed by atoms with Crippen molar-refractivity contribution in [1.82, 2.24) is 9.88 Å². The molecule has 1 aliphatic rings. The largest absolute Gasteiger partial charge is 0.495 e. The van der Waals surface area contributed by atoms with E-state index in [1.54, 1.807) is 7.11 Å². The Morgan fingerprint density at radius 1 is 1.14 bits per heavy atom. The van der Waals surface area contributed by atoms with Crippen molar-refractivity contribution in [3.8, 4) is 5.75 Å². The second kappa shape index (κ2) is 7.94. The topological polar surface area (TPSA) is 69.4 Å². The van der Waals surface area contributed by atoms with E-state index < -0.39 is 0 Å². The summed E-state index contributed by atoms with van der Waals surface area (Å²) in [5.74, 6) is 1.19. The smallest absolute Gasteiger partial charge is 0.323 e. The van der Waals surface area contributed by atoms with Crippen molar-refractivity contribution in [3.63, 3.8) is 0 Å². The molecule has 6 nitrogen and oxygen atoms in total. The van der Waals surface area contributed by atoms with Gasteiger partial charge in [0.05, 0.1) is 12.8 Å². The van der Waals surface area contributed by atoms with E-state index in [1.807, 2.05) is 36.4 Å². The summed E-state index contributed by atoms with van der Waals surface area (Å²) >= 11 is 0. The SMILES string of the molecule is COc1ccccc1NC(=O)Nc1ccc2[nH]cc(C3CCN(C)CC3)c2c1. The molecule has 1 aromatic heterocycles. The lowest BCUT2D eigenvalue weighted by molar-refractivity contribution is 0.256. The van der Waals surface area contributed by atoms with Crippen molar-refractivity contribution >= 4 is 28.3 Å². The Hall–Kier alpha value is -2.99. The fourth-order valence-corrected chi connectivity index (χ4v) is 3.91. The fraction of sp³-hybridized carbons (Fsp3) is 0.318. The number of para-hydroxylation sites is 2. The molecule has 0 atom stereocenters. The van der Waals surface area contributed by atoms with Crippen LogP contribution in [-0.2, 0) is 0 Å². The molecule has 0 radical (unpaired) electrons. The highest BCUT2D eigenvalue weighted by molar-refractivity contribution is 6.02. The van der Waals surface area contributed by atoms with Gasteiger partial charge in [-0.15, -0.1) is 0 Å². The summed E-state index contributed by atoms with van der Waals surface area (Å²) in [6, 6.07) is 13.1. The minimum atomic E-state index is -0.291. The molecule has 1 saturated heterocycles. The molecule has 1 fully saturated rings. The first-order chi connectivity index (χ1) is 13.6. The number of aromatic amines is 1. The number of carbonyl (C=O) groups is 1. The van der Waals surface area contributed by atoms with Gasteiger partial charge in [0.1, 0.15) is 5.75 Å². The van der Waals surface area contributed by atoms with Crippen LogP contribution in [0.4, 0.5) is 16.2 Å². The van der Waals surface area contributed by atoms with Gasteiger partial charge in [-0.2, -0.15) is 0 Å². The third-order valence-electron chi connectivity index (χ3n) is 5.49. The van der Waals surface area contributed by atoms with Gasteiger partial charge < -0.3 is 25.3 Å². The van der Waals surface area contributed by atoms with Gasteiger partial charge in [-0.05, 0) is 74.8 Å². The van der Waals surface area contributed by atoms with Crippen molar-refractivity contribution in [1.29, 1.82) is 0 Å². The van der Waals surface area contributed by atoms with Gasteiger partial charge >= 0.3 is 6.03 Å². The number of methoxy groups -OCH3 is 1. The van der Waals surface area contributed by atoms with E-state index in [1.165, 1.54) is 10.9 Å². The van der Waals surface area contributed by atoms with Crippen molar-refractivity contribution in [2.45, 2.75) is 18.8 Å². The highest BCUT2D eigenvalue weighted by Gasteiger charge is 2.21. The molecule has 2 amide bonds. The first-order valence-corrected chi connectivity index (χ1v) is 9.64. The maximum Gasteiger partial charge on any atom is 0.323 e. The number of anilines is 2. The number of piperidine rings is 1. The predicted molar refractivity (Wildman–Crippen MR) is 113 cm³/mol. The molecular weight excluding hydrogens is 352 g/mol. The molecule has 6 heteroatoms. The number of likely N-dealkylation sites (tertiary alicyclic amines) is 1. The van der Waals surface area contributed by atoms with E-state index in [4.69, 9.17) is 4.74 Å². The van der Waals surface area contributed by atoms with Gasteiger partial charge in [-0.3, -0.25) is 0 Å². The van der Waals surface area contributed by atoms with Gasteiger partial charge in [0.2, 0.25) is 0 Å². The highest BCUT2D eigenvalue weighted by atomic mass is 16.5. The van der Waals surface area contributed by atoms with Gasteiger partial charge in [0.25, 0.3) is 0 Å². The Kier molecular flexibility index (Phi) is 5.21. The molecule has 0 aliphatic carbocycles. The van der Waals surface area contributed by atoms with Crippen LogP contribution >= 0.6 is 0 Å². The van der Waals surface area contributed by atoms with Crippen LogP contribution in [0.1, 0.15) is 24.3 Å². The Morgan fingerprint density at radius 2 is 1.93 bits per heavy atom. The first-order valence-electron chi connectivity index (χ1n) is 9.64. The second-order valence-electron chi connectivity index (χ2n) is 7.36. The molecule has 2 heterocycles. The maximum absolute atomic E-state index is 12.5. The number of urea groups is 1. The first kappa shape index (κ1) is 18.4. The van der Waals surface area contributed by atoms with Crippen molar-refractivity contribution in [2.24, 2.45) is 0 Å². The molecule has 3 aromatic rings. The molecule has 4 rings (SSSR count). The number of nitrogens with one attached hydrogen (secondary N) is 3. The van der Waals surface area contributed by atoms with E-state index in [-0.39, 0.29) is 6.03 Å². The lowest BCUT2D eigenvalue weighted by atomic mass is 9.89. The van der Waals surface area contributed by atoms with Gasteiger partial charge in [-0.1, -0.05) is 12.1 Å². The lowest BCUT2D eigenvalue weighted by Crippen LogP contribution is -2.29. The summed E-state index contributed by atoms with van der Waals surface area (Å²) in [7, 11) is 3.76. The third-order valence-corrected chi connectivity index (χ3v) is 5.49. The molecule has 0 spiro atoms. The number of hydrogen-bond acceptors (Lipinski definition) is 3. The normalized spacial score (nSPS) is 15.5. The van der Waals surface area contributed by atoms with Crippen LogP contribution in [-0.4, -0.2) is 43.2 Å². The van der Waals surface area contributed by atoms with E-state index >= 15 is 0 Å². The Morgan fingerprint density at radius 3 is 2.71 bits per heavy atom. The van der Waals surface area contributed by atoms with Crippen LogP contribution in [0.2, 0.25) is 0 Å². The van der Waals surface area contributed by atoms with Crippen molar-refractivity contribution in [3.05, 3.63) is 54.2 Å². The maximum atomic E-state index is 12.5. The summed E-state index contributed by atoms with van der Waals surface area (Å²) in [6.07, 6.45) is 4.45. The van der Waals surface area contributed by atoms with Gasteiger partial charge in [0, 0.05) is 22.8 Å². The number of aromatic nitrogens is 1. The van der Waals surface area contributed by atoms with E-state index in [2.05, 4.69) is 39.8 Å². The monoisotopic (exact) mass is 378 g/mol. The van der Waals surface area contributed by atoms with E-state index in [0.29, 0.717) is 17.4 Å². The lowest BCUT2D eigenvalue weighted by Gasteiger charge is -2.28. The zero-order chi connectivity index (χ0) is 19.5. The zero-order valence-electron chi connectivity index (χ0n) is 16.3. The van der Waals surface area contributed by atoms with Crippen LogP contribution in [0.5, 0.6) is 5.75 Å². The number of H-pyrrole nitrogens is 1. The summed E-state index contributed by atoms with van der Waals surface area (Å²) in [4.78, 5) is 18.2. The molecule has 2 aromatic carbocycles. The van der Waals surface area contributed by atoms with Gasteiger partial charge in [0.15, 0.2) is 0 Å². The molecule has 146 valence electrons. The third kappa shape index (κ3) is 3.82. The van der Waals surface area contributed by atoms with Crippen molar-refractivity contribution < 1.29 is 9.53 Å². The molecule has 0 unspecified atom stereocenters. The number of carbonyl (C=O) groups excluding carboxylic acids is 1. The summed E-state index contributed by atoms with van der Waals surface area (Å²) in [5, 5.41) is 6.96. The van der Waals surface area contributed by atoms with Crippen LogP contribution in [0.25, 0.3) is 10.9 Å². The Labute approximate surface area is 164 Å². The minimum Gasteiger partial charge on any atom is -0.495 e. The minimum absolute atomic E-state index is 0.291. The molecule has 0 saturated carbocycles. The van der Waals surface area contributed by atoms with Crippen LogP contribution in [0.3, 0.4) is 0 Å². The van der Waals surface area contributed by atoms with Crippen LogP contribution in [0, 0.1) is 0 Å². The molecule has 3 N–H and O–H groups in total. The molecular formula is C22H26N4O2.